The summed E-state index contributed by atoms with van der Waals surface area (Å²) < 4.78 is 0. The van der Waals surface area contributed by atoms with Gasteiger partial charge in [-0.2, -0.15) is 0 Å². The van der Waals surface area contributed by atoms with E-state index in [0.29, 0.717) is 18.8 Å². The number of carbonyl (C=O) groups is 1. The smallest absolute Gasteiger partial charge is 0.291 e. The first-order valence-electron chi connectivity index (χ1n) is 4.62. The van der Waals surface area contributed by atoms with Crippen LogP contribution in [-0.4, -0.2) is 28.3 Å². The Morgan fingerprint density at radius 1 is 1.60 bits per heavy atom. The molecule has 2 heterocycles. The Morgan fingerprint density at radius 2 is 2.40 bits per heavy atom. The van der Waals surface area contributed by atoms with Gasteiger partial charge in [0, 0.05) is 31.2 Å². The zero-order valence-corrected chi connectivity index (χ0v) is 8.70. The van der Waals surface area contributed by atoms with Crippen molar-refractivity contribution in [3.05, 3.63) is 22.7 Å². The highest BCUT2D eigenvalue weighted by Gasteiger charge is 2.31. The van der Waals surface area contributed by atoms with Crippen LogP contribution in [0.3, 0.4) is 0 Å². The summed E-state index contributed by atoms with van der Waals surface area (Å²) in [5, 5.41) is 0. The lowest BCUT2D eigenvalue weighted by Gasteiger charge is -2.13. The van der Waals surface area contributed by atoms with E-state index in [2.05, 4.69) is 9.97 Å². The van der Waals surface area contributed by atoms with Crippen LogP contribution in [0.2, 0.25) is 0 Å². The second-order valence-electron chi connectivity index (χ2n) is 3.47. The van der Waals surface area contributed by atoms with Crippen molar-refractivity contribution in [2.75, 3.05) is 17.3 Å². The van der Waals surface area contributed by atoms with Crippen LogP contribution in [0.4, 0.5) is 5.82 Å². The van der Waals surface area contributed by atoms with E-state index in [-0.39, 0.29) is 23.2 Å². The number of nitrogens with zero attached hydrogens (tertiary/aromatic N) is 2. The van der Waals surface area contributed by atoms with Gasteiger partial charge in [-0.25, -0.2) is 4.98 Å². The van der Waals surface area contributed by atoms with Gasteiger partial charge in [-0.1, -0.05) is 0 Å². The van der Waals surface area contributed by atoms with Crippen LogP contribution in [0.15, 0.2) is 17.2 Å². The Balaban J connectivity index is 2.29. The van der Waals surface area contributed by atoms with E-state index >= 15 is 0 Å². The molecule has 1 aliphatic heterocycles. The van der Waals surface area contributed by atoms with Crippen LogP contribution in [0.1, 0.15) is 6.42 Å². The third-order valence-corrected chi connectivity index (χ3v) is 2.80. The van der Waals surface area contributed by atoms with Crippen molar-refractivity contribution < 1.29 is 4.79 Å². The topological polar surface area (TPSA) is 66.1 Å². The van der Waals surface area contributed by atoms with E-state index in [0.717, 1.165) is 0 Å². The molecule has 1 unspecified atom stereocenters. The Kier molecular flexibility index (Phi) is 2.73. The zero-order valence-electron chi connectivity index (χ0n) is 7.94. The summed E-state index contributed by atoms with van der Waals surface area (Å²) in [4.78, 5) is 30.8. The highest BCUT2D eigenvalue weighted by atomic mass is 35.5. The standard InChI is InChI=1S/C9H10ClN3O2/c10-4-6-3-7(14)13(5-6)8-9(15)12-2-1-11-8/h1-2,6H,3-5H2,(H,12,15). The number of hydrogen-bond donors (Lipinski definition) is 1. The number of H-pyrrole nitrogens is 1. The number of aromatic nitrogens is 2. The Labute approximate surface area is 91.1 Å². The van der Waals surface area contributed by atoms with Crippen molar-refractivity contribution in [2.24, 2.45) is 5.92 Å². The van der Waals surface area contributed by atoms with Crippen molar-refractivity contribution in [2.45, 2.75) is 6.42 Å². The van der Waals surface area contributed by atoms with Gasteiger partial charge < -0.3 is 4.98 Å². The van der Waals surface area contributed by atoms with E-state index in [1.807, 2.05) is 0 Å². The molecule has 0 radical (unpaired) electrons. The van der Waals surface area contributed by atoms with Crippen molar-refractivity contribution in [1.82, 2.24) is 9.97 Å². The van der Waals surface area contributed by atoms with Crippen LogP contribution in [0.25, 0.3) is 0 Å². The number of carbonyl (C=O) groups excluding carboxylic acids is 1. The summed E-state index contributed by atoms with van der Waals surface area (Å²) in [5.41, 5.74) is -0.346. The van der Waals surface area contributed by atoms with Gasteiger partial charge in [0.05, 0.1) is 0 Å². The maximum absolute atomic E-state index is 11.6. The normalized spacial score (nSPS) is 21.0. The first-order chi connectivity index (χ1) is 7.22. The molecule has 1 aromatic heterocycles. The summed E-state index contributed by atoms with van der Waals surface area (Å²) in [5.74, 6) is 0.605. The fraction of sp³-hybridized carbons (Fsp3) is 0.444. The summed E-state index contributed by atoms with van der Waals surface area (Å²) in [6.07, 6.45) is 3.28. The first-order valence-corrected chi connectivity index (χ1v) is 5.16. The number of aromatic amines is 1. The van der Waals surface area contributed by atoms with Gasteiger partial charge in [0.1, 0.15) is 0 Å². The minimum absolute atomic E-state index is 0.0927. The van der Waals surface area contributed by atoms with E-state index in [9.17, 15) is 9.59 Å². The van der Waals surface area contributed by atoms with Gasteiger partial charge >= 0.3 is 0 Å². The van der Waals surface area contributed by atoms with Gasteiger partial charge in [-0.05, 0) is 5.92 Å². The first kappa shape index (κ1) is 10.2. The molecule has 1 N–H and O–H groups in total. The molecule has 0 saturated carbocycles. The molecule has 1 aliphatic rings. The van der Waals surface area contributed by atoms with Crippen molar-refractivity contribution in [3.8, 4) is 0 Å². The molecule has 1 fully saturated rings. The second-order valence-corrected chi connectivity index (χ2v) is 3.78. The molecular formula is C9H10ClN3O2. The minimum Gasteiger partial charge on any atom is -0.324 e. The molecule has 2 rings (SSSR count). The van der Waals surface area contributed by atoms with Gasteiger partial charge in [0.2, 0.25) is 11.7 Å². The van der Waals surface area contributed by atoms with E-state index in [4.69, 9.17) is 11.6 Å². The number of rotatable bonds is 2. The summed E-state index contributed by atoms with van der Waals surface area (Å²) in [7, 11) is 0. The molecular weight excluding hydrogens is 218 g/mol. The van der Waals surface area contributed by atoms with Gasteiger partial charge in [0.15, 0.2) is 0 Å². The lowest BCUT2D eigenvalue weighted by Crippen LogP contribution is -2.31. The molecule has 0 spiro atoms. The lowest BCUT2D eigenvalue weighted by molar-refractivity contribution is -0.117. The molecule has 1 atom stereocenters. The quantitative estimate of drug-likeness (QED) is 0.742. The average Bonchev–Trinajstić information content (AvgIpc) is 2.60. The maximum atomic E-state index is 11.6. The minimum atomic E-state index is -0.346. The van der Waals surface area contributed by atoms with E-state index < -0.39 is 0 Å². The number of alkyl halides is 1. The third kappa shape index (κ3) is 1.87. The molecule has 80 valence electrons. The van der Waals surface area contributed by atoms with Crippen molar-refractivity contribution >= 4 is 23.3 Å². The highest BCUT2D eigenvalue weighted by molar-refractivity contribution is 6.18. The predicted octanol–water partition coefficient (Wildman–Crippen LogP) is 0.362. The Morgan fingerprint density at radius 3 is 3.00 bits per heavy atom. The number of halogens is 1. The molecule has 1 saturated heterocycles. The molecule has 1 amide bonds. The fourth-order valence-corrected chi connectivity index (χ4v) is 1.83. The molecule has 0 aromatic carbocycles. The number of nitrogens with one attached hydrogen (secondary N) is 1. The largest absolute Gasteiger partial charge is 0.324 e. The summed E-state index contributed by atoms with van der Waals surface area (Å²) in [6, 6.07) is 0. The van der Waals surface area contributed by atoms with Gasteiger partial charge in [-0.3, -0.25) is 14.5 Å². The summed E-state index contributed by atoms with van der Waals surface area (Å²) >= 11 is 5.68. The SMILES string of the molecule is O=C1CC(CCl)CN1c1ncc[nH]c1=O. The second kappa shape index (κ2) is 4.02. The molecule has 0 aliphatic carbocycles. The van der Waals surface area contributed by atoms with E-state index in [1.165, 1.54) is 17.3 Å². The van der Waals surface area contributed by atoms with Crippen LogP contribution < -0.4 is 10.5 Å². The number of anilines is 1. The molecule has 5 nitrogen and oxygen atoms in total. The fourth-order valence-electron chi connectivity index (χ4n) is 1.63. The van der Waals surface area contributed by atoms with Crippen LogP contribution in [-0.2, 0) is 4.79 Å². The Hall–Kier alpha value is -1.36. The van der Waals surface area contributed by atoms with Crippen molar-refractivity contribution in [1.29, 1.82) is 0 Å². The predicted molar refractivity (Wildman–Crippen MR) is 56.0 cm³/mol. The summed E-state index contributed by atoms with van der Waals surface area (Å²) in [6.45, 7) is 0.475. The highest BCUT2D eigenvalue weighted by Crippen LogP contribution is 2.21. The lowest BCUT2D eigenvalue weighted by atomic mass is 10.2. The molecule has 1 aromatic rings. The van der Waals surface area contributed by atoms with Gasteiger partial charge in [0.25, 0.3) is 5.56 Å². The van der Waals surface area contributed by atoms with Crippen LogP contribution >= 0.6 is 11.6 Å². The van der Waals surface area contributed by atoms with Crippen molar-refractivity contribution in [3.63, 3.8) is 0 Å². The zero-order chi connectivity index (χ0) is 10.8. The number of amides is 1. The maximum Gasteiger partial charge on any atom is 0.291 e. The third-order valence-electron chi connectivity index (χ3n) is 2.37. The number of hydrogen-bond acceptors (Lipinski definition) is 3. The molecule has 15 heavy (non-hydrogen) atoms. The molecule has 6 heteroatoms. The van der Waals surface area contributed by atoms with Crippen LogP contribution in [0.5, 0.6) is 0 Å². The Bertz CT molecular complexity index is 431. The van der Waals surface area contributed by atoms with E-state index in [1.54, 1.807) is 0 Å². The van der Waals surface area contributed by atoms with Gasteiger partial charge in [-0.15, -0.1) is 11.6 Å². The molecule has 0 bridgehead atoms. The van der Waals surface area contributed by atoms with Crippen LogP contribution in [0, 0.1) is 5.92 Å². The monoisotopic (exact) mass is 227 g/mol. The average molecular weight is 228 g/mol.